The van der Waals surface area contributed by atoms with E-state index in [4.69, 9.17) is 10.5 Å². The highest BCUT2D eigenvalue weighted by atomic mass is 32.2. The molecule has 5 heteroatoms. The molecule has 0 bridgehead atoms. The number of nitrogen functional groups attached to an aromatic ring is 1. The Morgan fingerprint density at radius 3 is 2.74 bits per heavy atom. The van der Waals surface area contributed by atoms with Gasteiger partial charge in [-0.25, -0.2) is 4.39 Å². The molecule has 1 atom stereocenters. The Kier molecular flexibility index (Phi) is 4.16. The lowest BCUT2D eigenvalue weighted by Gasteiger charge is -2.09. The zero-order valence-electron chi connectivity index (χ0n) is 10.4. The zero-order chi connectivity index (χ0) is 13.8. The van der Waals surface area contributed by atoms with Gasteiger partial charge < -0.3 is 10.5 Å². The topological polar surface area (TPSA) is 52.3 Å². The van der Waals surface area contributed by atoms with E-state index in [0.29, 0.717) is 16.3 Å². The summed E-state index contributed by atoms with van der Waals surface area (Å²) in [7, 11) is 0.141. The first-order valence-corrected chi connectivity index (χ1v) is 6.99. The van der Waals surface area contributed by atoms with Crippen LogP contribution >= 0.6 is 0 Å². The molecule has 0 saturated heterocycles. The summed E-state index contributed by atoms with van der Waals surface area (Å²) in [6.07, 6.45) is 0. The van der Waals surface area contributed by atoms with Crippen LogP contribution in [-0.2, 0) is 16.6 Å². The molecule has 2 rings (SSSR count). The summed E-state index contributed by atoms with van der Waals surface area (Å²) in [6.45, 7) is 0. The maximum Gasteiger partial charge on any atom is 0.124 e. The van der Waals surface area contributed by atoms with E-state index in [1.807, 2.05) is 18.2 Å². The van der Waals surface area contributed by atoms with Gasteiger partial charge in [-0.2, -0.15) is 0 Å². The summed E-state index contributed by atoms with van der Waals surface area (Å²) in [5.74, 6) is 0.445. The minimum atomic E-state index is -1.41. The van der Waals surface area contributed by atoms with Crippen molar-refractivity contribution in [1.82, 2.24) is 0 Å². The maximum atomic E-state index is 13.2. The Hall–Kier alpha value is -1.88. The molecule has 0 spiro atoms. The fraction of sp³-hybridized carbons (Fsp3) is 0.143. The van der Waals surface area contributed by atoms with Crippen LogP contribution in [0.25, 0.3) is 0 Å². The average molecular weight is 279 g/mol. The fourth-order valence-electron chi connectivity index (χ4n) is 1.75. The molecule has 0 amide bonds. The van der Waals surface area contributed by atoms with E-state index >= 15 is 0 Å². The van der Waals surface area contributed by atoms with Crippen LogP contribution in [0.4, 0.5) is 10.1 Å². The molecule has 0 heterocycles. The van der Waals surface area contributed by atoms with Crippen LogP contribution in [0.15, 0.2) is 47.4 Å². The van der Waals surface area contributed by atoms with Crippen LogP contribution in [0.3, 0.4) is 0 Å². The van der Waals surface area contributed by atoms with Gasteiger partial charge in [0.1, 0.15) is 11.6 Å². The quantitative estimate of drug-likeness (QED) is 0.875. The zero-order valence-corrected chi connectivity index (χ0v) is 11.2. The average Bonchev–Trinajstić information content (AvgIpc) is 2.42. The van der Waals surface area contributed by atoms with Gasteiger partial charge in [0.25, 0.3) is 0 Å². The molecule has 2 N–H and O–H groups in total. The second-order valence-electron chi connectivity index (χ2n) is 3.98. The number of ether oxygens (including phenoxy) is 1. The third-order valence-electron chi connectivity index (χ3n) is 2.70. The SMILES string of the molecule is COc1ccccc1CS(=O)c1cc(F)ccc1N. The minimum absolute atomic E-state index is 0.234. The molecule has 0 saturated carbocycles. The summed E-state index contributed by atoms with van der Waals surface area (Å²) in [5, 5.41) is 0. The molecule has 3 nitrogen and oxygen atoms in total. The van der Waals surface area contributed by atoms with E-state index in [1.54, 1.807) is 13.2 Å². The highest BCUT2D eigenvalue weighted by Crippen LogP contribution is 2.24. The van der Waals surface area contributed by atoms with Gasteiger partial charge in [-0.3, -0.25) is 4.21 Å². The van der Waals surface area contributed by atoms with Crippen LogP contribution in [0.1, 0.15) is 5.56 Å². The molecular formula is C14H14FNO2S. The van der Waals surface area contributed by atoms with Crippen molar-refractivity contribution in [2.24, 2.45) is 0 Å². The highest BCUT2D eigenvalue weighted by molar-refractivity contribution is 7.84. The molecule has 0 fully saturated rings. The van der Waals surface area contributed by atoms with Gasteiger partial charge >= 0.3 is 0 Å². The highest BCUT2D eigenvalue weighted by Gasteiger charge is 2.12. The van der Waals surface area contributed by atoms with Crippen LogP contribution in [0.2, 0.25) is 0 Å². The molecule has 0 aliphatic heterocycles. The van der Waals surface area contributed by atoms with Crippen molar-refractivity contribution in [2.75, 3.05) is 12.8 Å². The van der Waals surface area contributed by atoms with E-state index in [9.17, 15) is 8.60 Å². The number of halogens is 1. The fourth-order valence-corrected chi connectivity index (χ4v) is 3.00. The largest absolute Gasteiger partial charge is 0.496 e. The Bertz CT molecular complexity index is 616. The number of hydrogen-bond donors (Lipinski definition) is 1. The van der Waals surface area contributed by atoms with E-state index < -0.39 is 16.6 Å². The van der Waals surface area contributed by atoms with Crippen molar-refractivity contribution in [3.8, 4) is 5.75 Å². The number of nitrogens with two attached hydrogens (primary N) is 1. The lowest BCUT2D eigenvalue weighted by Crippen LogP contribution is -2.03. The Labute approximate surface area is 113 Å². The van der Waals surface area contributed by atoms with E-state index in [1.165, 1.54) is 18.2 Å². The summed E-state index contributed by atoms with van der Waals surface area (Å²) < 4.78 is 30.6. The van der Waals surface area contributed by atoms with Gasteiger partial charge in [-0.05, 0) is 24.3 Å². The number of benzene rings is 2. The molecule has 0 aromatic heterocycles. The molecule has 0 radical (unpaired) electrons. The van der Waals surface area contributed by atoms with Gasteiger partial charge in [-0.15, -0.1) is 0 Å². The molecule has 19 heavy (non-hydrogen) atoms. The number of methoxy groups -OCH3 is 1. The van der Waals surface area contributed by atoms with Gasteiger partial charge in [0.15, 0.2) is 0 Å². The number of hydrogen-bond acceptors (Lipinski definition) is 3. The van der Waals surface area contributed by atoms with Crippen molar-refractivity contribution < 1.29 is 13.3 Å². The smallest absolute Gasteiger partial charge is 0.124 e. The van der Waals surface area contributed by atoms with E-state index in [-0.39, 0.29) is 5.75 Å². The van der Waals surface area contributed by atoms with Crippen molar-refractivity contribution in [3.63, 3.8) is 0 Å². The molecule has 100 valence electrons. The van der Waals surface area contributed by atoms with Crippen LogP contribution in [-0.4, -0.2) is 11.3 Å². The van der Waals surface area contributed by atoms with Gasteiger partial charge in [0.2, 0.25) is 0 Å². The molecule has 2 aromatic carbocycles. The normalized spacial score (nSPS) is 12.1. The Morgan fingerprint density at radius 1 is 1.26 bits per heavy atom. The van der Waals surface area contributed by atoms with Crippen molar-refractivity contribution in [3.05, 3.63) is 53.8 Å². The van der Waals surface area contributed by atoms with Crippen molar-refractivity contribution >= 4 is 16.5 Å². The molecule has 2 aromatic rings. The Morgan fingerprint density at radius 2 is 2.00 bits per heavy atom. The molecular weight excluding hydrogens is 265 g/mol. The number of para-hydroxylation sites is 1. The summed E-state index contributed by atoms with van der Waals surface area (Å²) in [4.78, 5) is 0.311. The summed E-state index contributed by atoms with van der Waals surface area (Å²) >= 11 is 0. The predicted octanol–water partition coefficient (Wildman–Crippen LogP) is 2.72. The summed E-state index contributed by atoms with van der Waals surface area (Å²) in [5.41, 5.74) is 6.85. The number of rotatable bonds is 4. The van der Waals surface area contributed by atoms with Crippen LogP contribution in [0.5, 0.6) is 5.75 Å². The Balaban J connectivity index is 2.28. The lowest BCUT2D eigenvalue weighted by molar-refractivity contribution is 0.411. The first-order chi connectivity index (χ1) is 9.11. The minimum Gasteiger partial charge on any atom is -0.496 e. The second-order valence-corrected chi connectivity index (χ2v) is 5.40. The number of anilines is 1. The standard InChI is InChI=1S/C14H14FNO2S/c1-18-13-5-3-2-4-10(13)9-19(17)14-8-11(15)6-7-12(14)16/h2-8H,9,16H2,1H3. The van der Waals surface area contributed by atoms with Crippen molar-refractivity contribution in [1.29, 1.82) is 0 Å². The third-order valence-corrected chi connectivity index (χ3v) is 4.12. The summed E-state index contributed by atoms with van der Waals surface area (Å²) in [6, 6.07) is 11.2. The third kappa shape index (κ3) is 3.12. The molecule has 1 unspecified atom stereocenters. The molecule has 0 aliphatic rings. The molecule has 0 aliphatic carbocycles. The second kappa shape index (κ2) is 5.84. The lowest BCUT2D eigenvalue weighted by atomic mass is 10.2. The predicted molar refractivity (Wildman–Crippen MR) is 73.9 cm³/mol. The maximum absolute atomic E-state index is 13.2. The first-order valence-electron chi connectivity index (χ1n) is 5.67. The van der Waals surface area contributed by atoms with Crippen LogP contribution in [0, 0.1) is 5.82 Å². The van der Waals surface area contributed by atoms with Gasteiger partial charge in [-0.1, -0.05) is 18.2 Å². The van der Waals surface area contributed by atoms with E-state index in [2.05, 4.69) is 0 Å². The van der Waals surface area contributed by atoms with Crippen molar-refractivity contribution in [2.45, 2.75) is 10.6 Å². The van der Waals surface area contributed by atoms with E-state index in [0.717, 1.165) is 5.56 Å². The van der Waals surface area contributed by atoms with Gasteiger partial charge in [0, 0.05) is 11.3 Å². The first kappa shape index (κ1) is 13.5. The van der Waals surface area contributed by atoms with Crippen LogP contribution < -0.4 is 10.5 Å². The monoisotopic (exact) mass is 279 g/mol. The van der Waals surface area contributed by atoms with Gasteiger partial charge in [0.05, 0.1) is 28.6 Å².